The molecule has 1 heterocycles. The van der Waals surface area contributed by atoms with Gasteiger partial charge < -0.3 is 5.73 Å². The minimum atomic E-state index is 0.447. The second-order valence-electron chi connectivity index (χ2n) is 3.33. The van der Waals surface area contributed by atoms with E-state index in [2.05, 4.69) is 5.10 Å². The zero-order chi connectivity index (χ0) is 10.3. The number of fused-ring (bicyclic) bond motifs is 1. The minimum absolute atomic E-state index is 0.447. The summed E-state index contributed by atoms with van der Waals surface area (Å²) >= 11 is 6.07. The van der Waals surface area contributed by atoms with Gasteiger partial charge in [0.05, 0.1) is 5.52 Å². The highest BCUT2D eigenvalue weighted by atomic mass is 35.5. The van der Waals surface area contributed by atoms with Crippen molar-refractivity contribution in [2.45, 2.75) is 13.5 Å². The number of aromatic nitrogens is 2. The highest BCUT2D eigenvalue weighted by Gasteiger charge is 2.11. The molecular formula is C10H12ClN3. The lowest BCUT2D eigenvalue weighted by Crippen LogP contribution is -1.99. The van der Waals surface area contributed by atoms with Gasteiger partial charge in [0.1, 0.15) is 0 Å². The van der Waals surface area contributed by atoms with E-state index in [4.69, 9.17) is 17.3 Å². The number of nitrogens with two attached hydrogens (primary N) is 1. The number of halogens is 1. The van der Waals surface area contributed by atoms with E-state index < -0.39 is 0 Å². The topological polar surface area (TPSA) is 43.8 Å². The molecule has 3 nitrogen and oxygen atoms in total. The quantitative estimate of drug-likeness (QED) is 0.781. The molecule has 0 aliphatic rings. The highest BCUT2D eigenvalue weighted by Crippen LogP contribution is 2.27. The third kappa shape index (κ3) is 1.21. The van der Waals surface area contributed by atoms with Crippen molar-refractivity contribution in [3.63, 3.8) is 0 Å². The Morgan fingerprint density at radius 2 is 2.21 bits per heavy atom. The molecule has 0 aliphatic heterocycles. The molecule has 14 heavy (non-hydrogen) atoms. The first-order valence-corrected chi connectivity index (χ1v) is 4.83. The lowest BCUT2D eigenvalue weighted by Gasteiger charge is -2.02. The fourth-order valence-electron chi connectivity index (χ4n) is 1.70. The molecule has 2 N–H and O–H groups in total. The molecule has 0 fully saturated rings. The van der Waals surface area contributed by atoms with E-state index in [0.29, 0.717) is 6.54 Å². The zero-order valence-electron chi connectivity index (χ0n) is 8.21. The predicted octanol–water partition coefficient (Wildman–Crippen LogP) is 1.99. The number of hydrogen-bond donors (Lipinski definition) is 1. The molecule has 0 saturated carbocycles. The molecule has 0 radical (unpaired) electrons. The van der Waals surface area contributed by atoms with Gasteiger partial charge in [0.25, 0.3) is 0 Å². The van der Waals surface area contributed by atoms with Crippen LogP contribution in [-0.4, -0.2) is 9.78 Å². The van der Waals surface area contributed by atoms with Crippen LogP contribution in [0, 0.1) is 6.92 Å². The second-order valence-corrected chi connectivity index (χ2v) is 3.74. The summed E-state index contributed by atoms with van der Waals surface area (Å²) in [5, 5.41) is 6.17. The van der Waals surface area contributed by atoms with Gasteiger partial charge in [-0.3, -0.25) is 4.68 Å². The second kappa shape index (κ2) is 3.26. The number of aryl methyl sites for hydroxylation is 2. The van der Waals surface area contributed by atoms with Gasteiger partial charge in [-0.15, -0.1) is 0 Å². The van der Waals surface area contributed by atoms with Crippen LogP contribution in [0.4, 0.5) is 0 Å². The minimum Gasteiger partial charge on any atom is -0.326 e. The number of nitrogens with zero attached hydrogens (tertiary/aromatic N) is 2. The predicted molar refractivity (Wildman–Crippen MR) is 58.4 cm³/mol. The summed E-state index contributed by atoms with van der Waals surface area (Å²) in [6.07, 6.45) is 0. The van der Waals surface area contributed by atoms with E-state index in [9.17, 15) is 0 Å². The van der Waals surface area contributed by atoms with Crippen LogP contribution >= 0.6 is 11.6 Å². The molecular weight excluding hydrogens is 198 g/mol. The summed E-state index contributed by atoms with van der Waals surface area (Å²) in [6, 6.07) is 3.77. The molecule has 0 atom stereocenters. The lowest BCUT2D eigenvalue weighted by atomic mass is 10.1. The van der Waals surface area contributed by atoms with Gasteiger partial charge in [-0.05, 0) is 24.6 Å². The normalized spacial score (nSPS) is 11.1. The van der Waals surface area contributed by atoms with Crippen molar-refractivity contribution in [2.24, 2.45) is 12.8 Å². The summed E-state index contributed by atoms with van der Waals surface area (Å²) in [4.78, 5) is 0. The van der Waals surface area contributed by atoms with Gasteiger partial charge in [-0.25, -0.2) is 0 Å². The van der Waals surface area contributed by atoms with Crippen LogP contribution in [0.25, 0.3) is 10.9 Å². The summed E-state index contributed by atoms with van der Waals surface area (Å²) in [5.74, 6) is 0. The molecule has 4 heteroatoms. The molecule has 1 aromatic carbocycles. The van der Waals surface area contributed by atoms with Gasteiger partial charge in [0.2, 0.25) is 0 Å². The Morgan fingerprint density at radius 3 is 2.86 bits per heavy atom. The first-order chi connectivity index (χ1) is 6.65. The maximum atomic E-state index is 6.07. The average molecular weight is 210 g/mol. The van der Waals surface area contributed by atoms with E-state index >= 15 is 0 Å². The molecule has 0 saturated heterocycles. The van der Waals surface area contributed by atoms with Crippen LogP contribution in [0.2, 0.25) is 5.02 Å². The smallest absolute Gasteiger partial charge is 0.0930 e. The number of rotatable bonds is 1. The third-order valence-electron chi connectivity index (χ3n) is 2.54. The van der Waals surface area contributed by atoms with E-state index in [0.717, 1.165) is 27.2 Å². The van der Waals surface area contributed by atoms with E-state index in [1.807, 2.05) is 30.8 Å². The van der Waals surface area contributed by atoms with Crippen molar-refractivity contribution in [3.05, 3.63) is 28.4 Å². The Morgan fingerprint density at radius 1 is 1.50 bits per heavy atom. The molecule has 0 aliphatic carbocycles. The summed E-state index contributed by atoms with van der Waals surface area (Å²) < 4.78 is 1.85. The molecule has 2 aromatic rings. The van der Waals surface area contributed by atoms with E-state index in [-0.39, 0.29) is 0 Å². The van der Waals surface area contributed by atoms with E-state index in [1.165, 1.54) is 0 Å². The standard InChI is InChI=1S/C10H12ClN3/c1-6-10-7(5-12)8(11)3-4-9(10)13-14(6)2/h3-4H,5,12H2,1-2H3. The molecule has 74 valence electrons. The summed E-state index contributed by atoms with van der Waals surface area (Å²) in [7, 11) is 1.92. The van der Waals surface area contributed by atoms with Gasteiger partial charge in [0.15, 0.2) is 0 Å². The summed E-state index contributed by atoms with van der Waals surface area (Å²) in [5.41, 5.74) is 8.71. The SMILES string of the molecule is Cc1c2c(CN)c(Cl)ccc2nn1C. The van der Waals surface area contributed by atoms with Crippen LogP contribution in [0.3, 0.4) is 0 Å². The first kappa shape index (κ1) is 9.49. The Labute approximate surface area is 87.5 Å². The van der Waals surface area contributed by atoms with E-state index in [1.54, 1.807) is 0 Å². The van der Waals surface area contributed by atoms with Crippen LogP contribution in [0.1, 0.15) is 11.3 Å². The highest BCUT2D eigenvalue weighted by molar-refractivity contribution is 6.32. The Hall–Kier alpha value is -1.06. The van der Waals surface area contributed by atoms with Crippen molar-refractivity contribution in [1.29, 1.82) is 0 Å². The average Bonchev–Trinajstić information content (AvgIpc) is 2.45. The van der Waals surface area contributed by atoms with Crippen LogP contribution in [0.5, 0.6) is 0 Å². The van der Waals surface area contributed by atoms with Crippen molar-refractivity contribution >= 4 is 22.5 Å². The molecule has 0 unspecified atom stereocenters. The van der Waals surface area contributed by atoms with Gasteiger partial charge in [-0.2, -0.15) is 5.10 Å². The van der Waals surface area contributed by atoms with Crippen molar-refractivity contribution in [3.8, 4) is 0 Å². The van der Waals surface area contributed by atoms with Gasteiger partial charge in [-0.1, -0.05) is 11.6 Å². The van der Waals surface area contributed by atoms with Gasteiger partial charge in [0, 0.05) is 29.7 Å². The number of hydrogen-bond acceptors (Lipinski definition) is 2. The maximum absolute atomic E-state index is 6.07. The van der Waals surface area contributed by atoms with Gasteiger partial charge >= 0.3 is 0 Å². The fraction of sp³-hybridized carbons (Fsp3) is 0.300. The monoisotopic (exact) mass is 209 g/mol. The molecule has 0 amide bonds. The van der Waals surface area contributed by atoms with Crippen LogP contribution in [-0.2, 0) is 13.6 Å². The first-order valence-electron chi connectivity index (χ1n) is 4.46. The molecule has 0 spiro atoms. The zero-order valence-corrected chi connectivity index (χ0v) is 8.97. The summed E-state index contributed by atoms with van der Waals surface area (Å²) in [6.45, 7) is 2.47. The number of benzene rings is 1. The Kier molecular flexibility index (Phi) is 2.21. The molecule has 0 bridgehead atoms. The van der Waals surface area contributed by atoms with Crippen molar-refractivity contribution in [2.75, 3.05) is 0 Å². The largest absolute Gasteiger partial charge is 0.326 e. The third-order valence-corrected chi connectivity index (χ3v) is 2.90. The molecule has 1 aromatic heterocycles. The van der Waals surface area contributed by atoms with Crippen molar-refractivity contribution < 1.29 is 0 Å². The Balaban J connectivity index is 2.91. The van der Waals surface area contributed by atoms with Crippen LogP contribution < -0.4 is 5.73 Å². The van der Waals surface area contributed by atoms with Crippen LogP contribution in [0.15, 0.2) is 12.1 Å². The fourth-order valence-corrected chi connectivity index (χ4v) is 1.93. The lowest BCUT2D eigenvalue weighted by molar-refractivity contribution is 0.751. The van der Waals surface area contributed by atoms with Crippen molar-refractivity contribution in [1.82, 2.24) is 9.78 Å². The molecule has 2 rings (SSSR count). The Bertz CT molecular complexity index is 488. The maximum Gasteiger partial charge on any atom is 0.0930 e.